The zero-order valence-electron chi connectivity index (χ0n) is 14.5. The summed E-state index contributed by atoms with van der Waals surface area (Å²) in [7, 11) is 0. The number of aliphatic hydroxyl groups is 1. The molecular formula is C20H23N3O2. The van der Waals surface area contributed by atoms with Crippen LogP contribution in [0, 0.1) is 6.92 Å². The number of fused-ring (bicyclic) bond motifs is 1. The van der Waals surface area contributed by atoms with Crippen LogP contribution in [-0.2, 0) is 0 Å². The van der Waals surface area contributed by atoms with Crippen molar-refractivity contribution in [1.29, 1.82) is 0 Å². The standard InChI is InChI=1S/C20H23N3O2/c1-14-8-9-19-21-12-18(23(19)13-14)20(25)22-11-17(10-15(2)24)16-6-4-3-5-7-16/h3-9,12-13,15,17,24H,10-11H2,1-2H3,(H,22,25). The fraction of sp³-hybridized carbons (Fsp3) is 0.300. The van der Waals surface area contributed by atoms with Crippen molar-refractivity contribution in [2.75, 3.05) is 6.54 Å². The molecule has 25 heavy (non-hydrogen) atoms. The molecule has 1 aromatic carbocycles. The van der Waals surface area contributed by atoms with E-state index in [9.17, 15) is 9.90 Å². The SMILES string of the molecule is Cc1ccc2ncc(C(=O)NCC(CC(C)O)c3ccccc3)n2c1. The minimum absolute atomic E-state index is 0.0612. The normalized spacial score (nSPS) is 13.6. The average Bonchev–Trinajstić information content (AvgIpc) is 3.02. The lowest BCUT2D eigenvalue weighted by atomic mass is 9.93. The molecule has 0 radical (unpaired) electrons. The van der Waals surface area contributed by atoms with E-state index in [4.69, 9.17) is 0 Å². The highest BCUT2D eigenvalue weighted by atomic mass is 16.3. The number of nitrogens with one attached hydrogen (secondary N) is 1. The van der Waals surface area contributed by atoms with Crippen LogP contribution in [0.5, 0.6) is 0 Å². The molecule has 0 saturated heterocycles. The van der Waals surface area contributed by atoms with Crippen molar-refractivity contribution in [2.24, 2.45) is 0 Å². The number of rotatable bonds is 6. The molecule has 3 aromatic rings. The number of hydrogen-bond acceptors (Lipinski definition) is 3. The minimum atomic E-state index is -0.430. The fourth-order valence-electron chi connectivity index (χ4n) is 3.04. The molecule has 5 heteroatoms. The molecule has 2 aromatic heterocycles. The van der Waals surface area contributed by atoms with Crippen LogP contribution < -0.4 is 5.32 Å². The van der Waals surface area contributed by atoms with Crippen LogP contribution in [0.2, 0.25) is 0 Å². The average molecular weight is 337 g/mol. The summed E-state index contributed by atoms with van der Waals surface area (Å²) in [5.74, 6) is -0.101. The molecule has 0 saturated carbocycles. The van der Waals surface area contributed by atoms with Crippen molar-refractivity contribution in [3.05, 3.63) is 71.7 Å². The molecule has 3 rings (SSSR count). The molecular weight excluding hydrogens is 314 g/mol. The Hall–Kier alpha value is -2.66. The van der Waals surface area contributed by atoms with Gasteiger partial charge in [-0.2, -0.15) is 0 Å². The molecule has 1 amide bonds. The third-order valence-electron chi connectivity index (χ3n) is 4.29. The maximum absolute atomic E-state index is 12.6. The van der Waals surface area contributed by atoms with Gasteiger partial charge in [-0.3, -0.25) is 9.20 Å². The lowest BCUT2D eigenvalue weighted by Crippen LogP contribution is -2.30. The monoisotopic (exact) mass is 337 g/mol. The molecule has 2 N–H and O–H groups in total. The lowest BCUT2D eigenvalue weighted by molar-refractivity contribution is 0.0940. The number of carbonyl (C=O) groups is 1. The van der Waals surface area contributed by atoms with Gasteiger partial charge in [0.25, 0.3) is 5.91 Å². The van der Waals surface area contributed by atoms with Gasteiger partial charge < -0.3 is 10.4 Å². The first-order valence-electron chi connectivity index (χ1n) is 8.49. The highest BCUT2D eigenvalue weighted by Gasteiger charge is 2.17. The zero-order valence-corrected chi connectivity index (χ0v) is 14.5. The van der Waals surface area contributed by atoms with E-state index in [0.717, 1.165) is 16.8 Å². The van der Waals surface area contributed by atoms with Crippen LogP contribution in [-0.4, -0.2) is 33.0 Å². The third-order valence-corrected chi connectivity index (χ3v) is 4.29. The van der Waals surface area contributed by atoms with Gasteiger partial charge in [0, 0.05) is 18.7 Å². The molecule has 130 valence electrons. The second-order valence-corrected chi connectivity index (χ2v) is 6.48. The second kappa shape index (κ2) is 7.49. The number of aromatic nitrogens is 2. The van der Waals surface area contributed by atoms with E-state index in [-0.39, 0.29) is 11.8 Å². The number of aliphatic hydroxyl groups excluding tert-OH is 1. The van der Waals surface area contributed by atoms with E-state index in [1.807, 2.05) is 55.6 Å². The first-order chi connectivity index (χ1) is 12.0. The summed E-state index contributed by atoms with van der Waals surface area (Å²) in [6, 6.07) is 13.8. The molecule has 0 fully saturated rings. The van der Waals surface area contributed by atoms with Gasteiger partial charge in [-0.15, -0.1) is 0 Å². The molecule has 2 heterocycles. The van der Waals surface area contributed by atoms with Crippen LogP contribution in [0.4, 0.5) is 0 Å². The highest BCUT2D eigenvalue weighted by molar-refractivity contribution is 5.93. The summed E-state index contributed by atoms with van der Waals surface area (Å²) in [5.41, 5.74) is 3.44. The molecule has 0 spiro atoms. The van der Waals surface area contributed by atoms with E-state index in [0.29, 0.717) is 18.7 Å². The third kappa shape index (κ3) is 4.06. The van der Waals surface area contributed by atoms with Gasteiger partial charge >= 0.3 is 0 Å². The molecule has 2 unspecified atom stereocenters. The molecule has 2 atom stereocenters. The topological polar surface area (TPSA) is 66.6 Å². The number of hydrogen-bond donors (Lipinski definition) is 2. The highest BCUT2D eigenvalue weighted by Crippen LogP contribution is 2.20. The Labute approximate surface area is 147 Å². The molecule has 0 aliphatic rings. The summed E-state index contributed by atoms with van der Waals surface area (Å²) >= 11 is 0. The first kappa shape index (κ1) is 17.2. The number of amides is 1. The smallest absolute Gasteiger partial charge is 0.269 e. The molecule has 0 aliphatic heterocycles. The zero-order chi connectivity index (χ0) is 17.8. The fourth-order valence-corrected chi connectivity index (χ4v) is 3.04. The van der Waals surface area contributed by atoms with Crippen LogP contribution in [0.15, 0.2) is 54.9 Å². The Morgan fingerprint density at radius 1 is 1.24 bits per heavy atom. The van der Waals surface area contributed by atoms with Gasteiger partial charge in [0.15, 0.2) is 0 Å². The minimum Gasteiger partial charge on any atom is -0.393 e. The van der Waals surface area contributed by atoms with Crippen molar-refractivity contribution < 1.29 is 9.90 Å². The largest absolute Gasteiger partial charge is 0.393 e. The molecule has 0 bridgehead atoms. The quantitative estimate of drug-likeness (QED) is 0.727. The Morgan fingerprint density at radius 3 is 2.72 bits per heavy atom. The van der Waals surface area contributed by atoms with Crippen molar-refractivity contribution >= 4 is 11.6 Å². The number of pyridine rings is 1. The van der Waals surface area contributed by atoms with Gasteiger partial charge in [-0.1, -0.05) is 36.4 Å². The second-order valence-electron chi connectivity index (χ2n) is 6.48. The van der Waals surface area contributed by atoms with Crippen LogP contribution in [0.3, 0.4) is 0 Å². The summed E-state index contributed by atoms with van der Waals surface area (Å²) in [4.78, 5) is 16.9. The van der Waals surface area contributed by atoms with E-state index in [1.165, 1.54) is 0 Å². The van der Waals surface area contributed by atoms with Crippen LogP contribution >= 0.6 is 0 Å². The Balaban J connectivity index is 1.75. The van der Waals surface area contributed by atoms with Gasteiger partial charge in [0.05, 0.1) is 12.3 Å². The van der Waals surface area contributed by atoms with Crippen molar-refractivity contribution in [2.45, 2.75) is 32.3 Å². The van der Waals surface area contributed by atoms with Crippen molar-refractivity contribution in [1.82, 2.24) is 14.7 Å². The number of aryl methyl sites for hydroxylation is 1. The maximum atomic E-state index is 12.6. The number of carbonyl (C=O) groups excluding carboxylic acids is 1. The predicted molar refractivity (Wildman–Crippen MR) is 97.7 cm³/mol. The summed E-state index contributed by atoms with van der Waals surface area (Å²) in [5, 5.41) is 12.8. The lowest BCUT2D eigenvalue weighted by Gasteiger charge is -2.19. The van der Waals surface area contributed by atoms with Crippen LogP contribution in [0.25, 0.3) is 5.65 Å². The number of nitrogens with zero attached hydrogens (tertiary/aromatic N) is 2. The van der Waals surface area contributed by atoms with Crippen LogP contribution in [0.1, 0.15) is 40.9 Å². The van der Waals surface area contributed by atoms with Gasteiger partial charge in [0.1, 0.15) is 11.3 Å². The van der Waals surface area contributed by atoms with Crippen molar-refractivity contribution in [3.63, 3.8) is 0 Å². The Kier molecular flexibility index (Phi) is 5.14. The van der Waals surface area contributed by atoms with E-state index < -0.39 is 6.10 Å². The number of imidazole rings is 1. The van der Waals surface area contributed by atoms with E-state index in [1.54, 1.807) is 17.5 Å². The number of benzene rings is 1. The molecule has 0 aliphatic carbocycles. The summed E-state index contributed by atoms with van der Waals surface area (Å²) < 4.78 is 1.80. The summed E-state index contributed by atoms with van der Waals surface area (Å²) in [6.07, 6.45) is 3.66. The maximum Gasteiger partial charge on any atom is 0.269 e. The Morgan fingerprint density at radius 2 is 2.00 bits per heavy atom. The van der Waals surface area contributed by atoms with E-state index in [2.05, 4.69) is 10.3 Å². The Bertz CT molecular complexity index is 856. The molecule has 5 nitrogen and oxygen atoms in total. The van der Waals surface area contributed by atoms with Crippen molar-refractivity contribution in [3.8, 4) is 0 Å². The van der Waals surface area contributed by atoms with Gasteiger partial charge in [0.2, 0.25) is 0 Å². The predicted octanol–water partition coefficient (Wildman–Crippen LogP) is 2.93. The first-order valence-corrected chi connectivity index (χ1v) is 8.49. The van der Waals surface area contributed by atoms with E-state index >= 15 is 0 Å². The van der Waals surface area contributed by atoms with Gasteiger partial charge in [-0.25, -0.2) is 4.98 Å². The van der Waals surface area contributed by atoms with Gasteiger partial charge in [-0.05, 0) is 37.5 Å². The summed E-state index contributed by atoms with van der Waals surface area (Å²) in [6.45, 7) is 4.22.